The maximum absolute atomic E-state index is 12.5. The Balaban J connectivity index is 1.56. The van der Waals surface area contributed by atoms with Crippen molar-refractivity contribution in [3.63, 3.8) is 0 Å². The molecular formula is C23H17BrClN3O2. The number of H-pyrrole nitrogens is 1. The molecule has 0 bridgehead atoms. The molecule has 0 aliphatic carbocycles. The van der Waals surface area contributed by atoms with E-state index in [1.807, 2.05) is 48.5 Å². The molecule has 0 saturated carbocycles. The van der Waals surface area contributed by atoms with Crippen LogP contribution in [0.1, 0.15) is 5.56 Å². The highest BCUT2D eigenvalue weighted by atomic mass is 79.9. The highest BCUT2D eigenvalue weighted by Gasteiger charge is 2.10. The van der Waals surface area contributed by atoms with Gasteiger partial charge in [0.1, 0.15) is 11.6 Å². The number of benzene rings is 3. The summed E-state index contributed by atoms with van der Waals surface area (Å²) in [6.45, 7) is 0. The average molecular weight is 483 g/mol. The van der Waals surface area contributed by atoms with Crippen molar-refractivity contribution in [1.29, 1.82) is 0 Å². The van der Waals surface area contributed by atoms with Gasteiger partial charge < -0.3 is 15.0 Å². The fraction of sp³-hybridized carbons (Fsp3) is 0.0435. The van der Waals surface area contributed by atoms with Gasteiger partial charge in [-0.15, -0.1) is 0 Å². The van der Waals surface area contributed by atoms with Crippen molar-refractivity contribution in [2.24, 2.45) is 0 Å². The molecule has 0 saturated heterocycles. The molecule has 4 rings (SSSR count). The van der Waals surface area contributed by atoms with Crippen molar-refractivity contribution >= 4 is 56.2 Å². The number of carbonyl (C=O) groups is 1. The van der Waals surface area contributed by atoms with Crippen molar-refractivity contribution in [1.82, 2.24) is 9.97 Å². The number of hydrogen-bond acceptors (Lipinski definition) is 3. The van der Waals surface area contributed by atoms with Crippen LogP contribution in [0.2, 0.25) is 5.02 Å². The molecule has 1 amide bonds. The molecule has 1 aromatic heterocycles. The summed E-state index contributed by atoms with van der Waals surface area (Å²) in [5.74, 6) is 1.07. The molecule has 0 aliphatic rings. The van der Waals surface area contributed by atoms with Crippen LogP contribution < -0.4 is 10.1 Å². The molecule has 2 N–H and O–H groups in total. The summed E-state index contributed by atoms with van der Waals surface area (Å²) in [6, 6.07) is 18.8. The topological polar surface area (TPSA) is 67.0 Å². The van der Waals surface area contributed by atoms with Crippen LogP contribution in [0.5, 0.6) is 5.75 Å². The number of methoxy groups -OCH3 is 1. The van der Waals surface area contributed by atoms with Crippen molar-refractivity contribution in [3.8, 4) is 17.1 Å². The number of ether oxygens (including phenoxy) is 1. The minimum atomic E-state index is -0.305. The van der Waals surface area contributed by atoms with Crippen LogP contribution >= 0.6 is 27.5 Å². The molecule has 4 aromatic rings. The molecule has 0 fully saturated rings. The molecule has 0 atom stereocenters. The number of aromatic nitrogens is 2. The molecule has 3 aromatic carbocycles. The Morgan fingerprint density at radius 3 is 2.80 bits per heavy atom. The summed E-state index contributed by atoms with van der Waals surface area (Å²) in [6.07, 6.45) is 3.13. The van der Waals surface area contributed by atoms with E-state index in [1.54, 1.807) is 25.3 Å². The predicted octanol–water partition coefficient (Wildman–Crippen LogP) is 6.31. The number of anilines is 1. The van der Waals surface area contributed by atoms with Crippen LogP contribution in [-0.4, -0.2) is 23.0 Å². The molecular weight excluding hydrogens is 466 g/mol. The number of amides is 1. The molecule has 5 nitrogen and oxygen atoms in total. The summed E-state index contributed by atoms with van der Waals surface area (Å²) in [5.41, 5.74) is 3.93. The zero-order valence-electron chi connectivity index (χ0n) is 15.9. The van der Waals surface area contributed by atoms with Crippen molar-refractivity contribution < 1.29 is 9.53 Å². The molecule has 7 heteroatoms. The average Bonchev–Trinajstić information content (AvgIpc) is 3.18. The number of hydrogen-bond donors (Lipinski definition) is 2. The first-order chi connectivity index (χ1) is 14.5. The van der Waals surface area contributed by atoms with Crippen molar-refractivity contribution in [2.45, 2.75) is 0 Å². The van der Waals surface area contributed by atoms with Crippen LogP contribution in [-0.2, 0) is 4.79 Å². The van der Waals surface area contributed by atoms with E-state index in [2.05, 4.69) is 31.2 Å². The molecule has 0 unspecified atom stereocenters. The summed E-state index contributed by atoms with van der Waals surface area (Å²) in [7, 11) is 1.59. The van der Waals surface area contributed by atoms with Gasteiger partial charge in [0.15, 0.2) is 0 Å². The smallest absolute Gasteiger partial charge is 0.248 e. The first-order valence-corrected chi connectivity index (χ1v) is 10.3. The van der Waals surface area contributed by atoms with Crippen molar-refractivity contribution in [2.75, 3.05) is 12.4 Å². The number of rotatable bonds is 5. The third kappa shape index (κ3) is 4.40. The predicted molar refractivity (Wildman–Crippen MR) is 125 cm³/mol. The monoisotopic (exact) mass is 481 g/mol. The van der Waals surface area contributed by atoms with Gasteiger partial charge in [-0.1, -0.05) is 39.7 Å². The van der Waals surface area contributed by atoms with E-state index >= 15 is 0 Å². The normalized spacial score (nSPS) is 11.2. The fourth-order valence-corrected chi connectivity index (χ4v) is 3.58. The largest absolute Gasteiger partial charge is 0.496 e. The van der Waals surface area contributed by atoms with Gasteiger partial charge >= 0.3 is 0 Å². The first-order valence-electron chi connectivity index (χ1n) is 9.11. The Hall–Kier alpha value is -3.09. The Kier molecular flexibility index (Phi) is 5.88. The maximum atomic E-state index is 12.5. The molecule has 0 radical (unpaired) electrons. The number of aromatic amines is 1. The molecule has 0 aliphatic heterocycles. The summed E-state index contributed by atoms with van der Waals surface area (Å²) in [5, 5.41) is 3.27. The summed E-state index contributed by atoms with van der Waals surface area (Å²) in [4.78, 5) is 20.3. The molecule has 0 spiro atoms. The quantitative estimate of drug-likeness (QED) is 0.328. The van der Waals surface area contributed by atoms with Gasteiger partial charge in [-0.05, 0) is 54.6 Å². The van der Waals surface area contributed by atoms with Gasteiger partial charge in [0.2, 0.25) is 5.91 Å². The first kappa shape index (κ1) is 20.2. The number of carbonyl (C=O) groups excluding carboxylic acids is 1. The summed E-state index contributed by atoms with van der Waals surface area (Å²) < 4.78 is 6.22. The number of fused-ring (bicyclic) bond motifs is 1. The van der Waals surface area contributed by atoms with Crippen LogP contribution in [0.4, 0.5) is 5.69 Å². The van der Waals surface area contributed by atoms with Gasteiger partial charge in [-0.2, -0.15) is 0 Å². The Bertz CT molecular complexity index is 1230. The van der Waals surface area contributed by atoms with E-state index in [-0.39, 0.29) is 5.91 Å². The van der Waals surface area contributed by atoms with Crippen molar-refractivity contribution in [3.05, 3.63) is 81.8 Å². The van der Waals surface area contributed by atoms with E-state index < -0.39 is 0 Å². The third-order valence-electron chi connectivity index (χ3n) is 4.49. The molecule has 150 valence electrons. The van der Waals surface area contributed by atoms with Crippen LogP contribution in [0.25, 0.3) is 28.5 Å². The molecule has 1 heterocycles. The lowest BCUT2D eigenvalue weighted by Crippen LogP contribution is -2.08. The second-order valence-electron chi connectivity index (χ2n) is 6.51. The summed E-state index contributed by atoms with van der Waals surface area (Å²) >= 11 is 9.72. The van der Waals surface area contributed by atoms with Crippen LogP contribution in [0.3, 0.4) is 0 Å². The number of para-hydroxylation sites is 2. The van der Waals surface area contributed by atoms with Gasteiger partial charge in [0, 0.05) is 21.7 Å². The number of nitrogens with one attached hydrogen (secondary N) is 2. The highest BCUT2D eigenvalue weighted by Crippen LogP contribution is 2.29. The standard InChI is InChI=1S/C23H17BrClN3O2/c1-30-21-10-8-16(24)12-14(21)7-11-22(29)26-20-13-15(6-9-17(20)25)23-27-18-4-2-3-5-19(18)28-23/h2-13H,1H3,(H,26,29)(H,27,28)/b11-7+. The minimum Gasteiger partial charge on any atom is -0.496 e. The second kappa shape index (κ2) is 8.73. The zero-order valence-corrected chi connectivity index (χ0v) is 18.3. The Morgan fingerprint density at radius 2 is 2.00 bits per heavy atom. The Labute approximate surface area is 186 Å². The fourth-order valence-electron chi connectivity index (χ4n) is 3.03. The SMILES string of the molecule is COc1ccc(Br)cc1/C=C/C(=O)Nc1cc(-c2nc3ccccc3[nH]2)ccc1Cl. The highest BCUT2D eigenvalue weighted by molar-refractivity contribution is 9.10. The Morgan fingerprint density at radius 1 is 1.17 bits per heavy atom. The lowest BCUT2D eigenvalue weighted by Gasteiger charge is -2.08. The van der Waals surface area contributed by atoms with E-state index in [9.17, 15) is 4.79 Å². The third-order valence-corrected chi connectivity index (χ3v) is 5.32. The van der Waals surface area contributed by atoms with E-state index in [1.165, 1.54) is 6.08 Å². The van der Waals surface area contributed by atoms with Gasteiger partial charge in [0.25, 0.3) is 0 Å². The van der Waals surface area contributed by atoms with E-state index in [0.717, 1.165) is 26.6 Å². The van der Waals surface area contributed by atoms with Crippen LogP contribution in [0.15, 0.2) is 71.2 Å². The van der Waals surface area contributed by atoms with E-state index in [0.29, 0.717) is 22.3 Å². The van der Waals surface area contributed by atoms with Crippen LogP contribution in [0, 0.1) is 0 Å². The van der Waals surface area contributed by atoms with Gasteiger partial charge in [0.05, 0.1) is 28.9 Å². The lowest BCUT2D eigenvalue weighted by molar-refractivity contribution is -0.111. The van der Waals surface area contributed by atoms with E-state index in [4.69, 9.17) is 16.3 Å². The van der Waals surface area contributed by atoms with Gasteiger partial charge in [-0.25, -0.2) is 4.98 Å². The number of halogens is 2. The lowest BCUT2D eigenvalue weighted by atomic mass is 10.1. The zero-order chi connectivity index (χ0) is 21.1. The minimum absolute atomic E-state index is 0.305. The number of imidazole rings is 1. The molecule has 30 heavy (non-hydrogen) atoms. The number of nitrogens with zero attached hydrogens (tertiary/aromatic N) is 1. The second-order valence-corrected chi connectivity index (χ2v) is 7.83. The maximum Gasteiger partial charge on any atom is 0.248 e. The van der Waals surface area contributed by atoms with Gasteiger partial charge in [-0.3, -0.25) is 4.79 Å².